The van der Waals surface area contributed by atoms with E-state index in [-0.39, 0.29) is 0 Å². The SMILES string of the molecule is Fc1ccc(OCc2ccc(CNC3CC3)s2)cc1F. The van der Waals surface area contributed by atoms with Crippen LogP contribution in [-0.2, 0) is 13.2 Å². The van der Waals surface area contributed by atoms with Crippen LogP contribution in [0.5, 0.6) is 5.75 Å². The largest absolute Gasteiger partial charge is 0.488 e. The topological polar surface area (TPSA) is 21.3 Å². The van der Waals surface area contributed by atoms with Crippen molar-refractivity contribution in [3.63, 3.8) is 0 Å². The zero-order chi connectivity index (χ0) is 13.9. The Kier molecular flexibility index (Phi) is 3.98. The average Bonchev–Trinajstić information content (AvgIpc) is 3.16. The van der Waals surface area contributed by atoms with Crippen LogP contribution in [0.25, 0.3) is 0 Å². The standard InChI is InChI=1S/C15H15F2NOS/c16-14-6-3-11(7-15(14)17)19-9-13-5-4-12(20-13)8-18-10-1-2-10/h3-7,10,18H,1-2,8-9H2. The third-order valence-electron chi connectivity index (χ3n) is 3.13. The first-order valence-corrected chi connectivity index (χ1v) is 7.41. The smallest absolute Gasteiger partial charge is 0.162 e. The summed E-state index contributed by atoms with van der Waals surface area (Å²) >= 11 is 1.67. The number of hydrogen-bond donors (Lipinski definition) is 1. The monoisotopic (exact) mass is 295 g/mol. The van der Waals surface area contributed by atoms with Crippen LogP contribution in [0, 0.1) is 11.6 Å². The summed E-state index contributed by atoms with van der Waals surface area (Å²) in [6.45, 7) is 1.26. The van der Waals surface area contributed by atoms with E-state index in [1.165, 1.54) is 23.8 Å². The molecule has 1 saturated carbocycles. The normalized spacial score (nSPS) is 14.5. The van der Waals surface area contributed by atoms with Gasteiger partial charge in [0.25, 0.3) is 0 Å². The van der Waals surface area contributed by atoms with E-state index in [4.69, 9.17) is 4.74 Å². The molecule has 5 heteroatoms. The van der Waals surface area contributed by atoms with Crippen molar-refractivity contribution in [2.75, 3.05) is 0 Å². The second-order valence-electron chi connectivity index (χ2n) is 4.89. The van der Waals surface area contributed by atoms with Gasteiger partial charge < -0.3 is 10.1 Å². The lowest BCUT2D eigenvalue weighted by molar-refractivity contribution is 0.307. The van der Waals surface area contributed by atoms with Crippen LogP contribution in [0.2, 0.25) is 0 Å². The van der Waals surface area contributed by atoms with E-state index in [0.29, 0.717) is 18.4 Å². The van der Waals surface area contributed by atoms with Crippen molar-refractivity contribution in [1.82, 2.24) is 5.32 Å². The number of ether oxygens (including phenoxy) is 1. The molecule has 2 nitrogen and oxygen atoms in total. The highest BCUT2D eigenvalue weighted by Crippen LogP contribution is 2.23. The number of nitrogens with one attached hydrogen (secondary N) is 1. The lowest BCUT2D eigenvalue weighted by atomic mass is 10.3. The Balaban J connectivity index is 1.53. The van der Waals surface area contributed by atoms with Crippen molar-refractivity contribution < 1.29 is 13.5 Å². The minimum atomic E-state index is -0.886. The first-order chi connectivity index (χ1) is 9.70. The highest BCUT2D eigenvalue weighted by atomic mass is 32.1. The van der Waals surface area contributed by atoms with Gasteiger partial charge in [0.05, 0.1) is 0 Å². The molecule has 0 spiro atoms. The van der Waals surface area contributed by atoms with Crippen LogP contribution in [0.3, 0.4) is 0 Å². The van der Waals surface area contributed by atoms with E-state index >= 15 is 0 Å². The molecule has 1 fully saturated rings. The first kappa shape index (κ1) is 13.5. The highest BCUT2D eigenvalue weighted by Gasteiger charge is 2.20. The van der Waals surface area contributed by atoms with Crippen molar-refractivity contribution in [3.05, 3.63) is 51.7 Å². The van der Waals surface area contributed by atoms with Gasteiger partial charge in [0.2, 0.25) is 0 Å². The van der Waals surface area contributed by atoms with Crippen LogP contribution in [0.15, 0.2) is 30.3 Å². The van der Waals surface area contributed by atoms with Gasteiger partial charge in [0.1, 0.15) is 12.4 Å². The fourth-order valence-corrected chi connectivity index (χ4v) is 2.73. The summed E-state index contributed by atoms with van der Waals surface area (Å²) in [5.41, 5.74) is 0. The van der Waals surface area contributed by atoms with Crippen molar-refractivity contribution in [3.8, 4) is 5.75 Å². The van der Waals surface area contributed by atoms with E-state index in [1.807, 2.05) is 6.07 Å². The fraction of sp³-hybridized carbons (Fsp3) is 0.333. The molecule has 2 aromatic rings. The Bertz CT molecular complexity index is 595. The van der Waals surface area contributed by atoms with Gasteiger partial charge in [-0.2, -0.15) is 0 Å². The number of halogens is 2. The summed E-state index contributed by atoms with van der Waals surface area (Å²) < 4.78 is 31.3. The summed E-state index contributed by atoms with van der Waals surface area (Å²) in [7, 11) is 0. The van der Waals surface area contributed by atoms with Crippen LogP contribution in [0.1, 0.15) is 22.6 Å². The molecule has 3 rings (SSSR count). The molecule has 1 heterocycles. The number of thiophene rings is 1. The summed E-state index contributed by atoms with van der Waals surface area (Å²) in [6, 6.07) is 8.35. The molecular weight excluding hydrogens is 280 g/mol. The molecule has 0 amide bonds. The predicted molar refractivity (Wildman–Crippen MR) is 74.9 cm³/mol. The Morgan fingerprint density at radius 3 is 2.65 bits per heavy atom. The third-order valence-corrected chi connectivity index (χ3v) is 4.19. The molecule has 0 bridgehead atoms. The molecule has 20 heavy (non-hydrogen) atoms. The van der Waals surface area contributed by atoms with Gasteiger partial charge in [0, 0.05) is 28.4 Å². The van der Waals surface area contributed by atoms with Crippen molar-refractivity contribution >= 4 is 11.3 Å². The molecular formula is C15H15F2NOS. The highest BCUT2D eigenvalue weighted by molar-refractivity contribution is 7.11. The molecule has 1 N–H and O–H groups in total. The van der Waals surface area contributed by atoms with Gasteiger partial charge in [-0.15, -0.1) is 11.3 Å². The average molecular weight is 295 g/mol. The lowest BCUT2D eigenvalue weighted by Crippen LogP contribution is -2.14. The van der Waals surface area contributed by atoms with E-state index in [1.54, 1.807) is 11.3 Å². The van der Waals surface area contributed by atoms with Crippen molar-refractivity contribution in [2.24, 2.45) is 0 Å². The predicted octanol–water partition coefficient (Wildman–Crippen LogP) is 3.86. The molecule has 0 unspecified atom stereocenters. The zero-order valence-corrected chi connectivity index (χ0v) is 11.7. The Hall–Kier alpha value is -1.46. The van der Waals surface area contributed by atoms with Crippen LogP contribution in [0.4, 0.5) is 8.78 Å². The minimum absolute atomic E-state index is 0.343. The van der Waals surface area contributed by atoms with Crippen LogP contribution < -0.4 is 10.1 Å². The lowest BCUT2D eigenvalue weighted by Gasteiger charge is -2.04. The third kappa shape index (κ3) is 3.55. The van der Waals surface area contributed by atoms with Gasteiger partial charge in [-0.1, -0.05) is 0 Å². The number of rotatable bonds is 6. The molecule has 1 aromatic heterocycles. The fourth-order valence-electron chi connectivity index (χ4n) is 1.85. The van der Waals surface area contributed by atoms with E-state index in [9.17, 15) is 8.78 Å². The van der Waals surface area contributed by atoms with E-state index < -0.39 is 11.6 Å². The maximum absolute atomic E-state index is 13.0. The maximum Gasteiger partial charge on any atom is 0.162 e. The molecule has 0 saturated heterocycles. The van der Waals surface area contributed by atoms with E-state index in [2.05, 4.69) is 11.4 Å². The van der Waals surface area contributed by atoms with Crippen molar-refractivity contribution in [1.29, 1.82) is 0 Å². The zero-order valence-electron chi connectivity index (χ0n) is 10.9. The Labute approximate surface area is 120 Å². The number of benzene rings is 1. The molecule has 0 radical (unpaired) electrons. The molecule has 1 aliphatic carbocycles. The molecule has 106 valence electrons. The summed E-state index contributed by atoms with van der Waals surface area (Å²) in [5, 5.41) is 3.45. The molecule has 0 aliphatic heterocycles. The van der Waals surface area contributed by atoms with Crippen molar-refractivity contribution in [2.45, 2.75) is 32.0 Å². The van der Waals surface area contributed by atoms with Crippen LogP contribution >= 0.6 is 11.3 Å². The minimum Gasteiger partial charge on any atom is -0.488 e. The maximum atomic E-state index is 13.0. The van der Waals surface area contributed by atoms with Gasteiger partial charge in [-0.3, -0.25) is 0 Å². The summed E-state index contributed by atoms with van der Waals surface area (Å²) in [6.07, 6.45) is 2.55. The molecule has 1 aliphatic rings. The summed E-state index contributed by atoms with van der Waals surface area (Å²) in [4.78, 5) is 2.34. The van der Waals surface area contributed by atoms with Crippen LogP contribution in [-0.4, -0.2) is 6.04 Å². The van der Waals surface area contributed by atoms with Gasteiger partial charge in [0.15, 0.2) is 11.6 Å². The van der Waals surface area contributed by atoms with Gasteiger partial charge in [-0.25, -0.2) is 8.78 Å². The Morgan fingerprint density at radius 2 is 1.90 bits per heavy atom. The second kappa shape index (κ2) is 5.89. The van der Waals surface area contributed by atoms with Gasteiger partial charge in [-0.05, 0) is 37.1 Å². The van der Waals surface area contributed by atoms with Gasteiger partial charge >= 0.3 is 0 Å². The first-order valence-electron chi connectivity index (χ1n) is 6.59. The molecule has 1 aromatic carbocycles. The van der Waals surface area contributed by atoms with E-state index in [0.717, 1.165) is 23.6 Å². The Morgan fingerprint density at radius 1 is 1.10 bits per heavy atom. The summed E-state index contributed by atoms with van der Waals surface area (Å²) in [5.74, 6) is -1.40. The quantitative estimate of drug-likeness (QED) is 0.874. The number of hydrogen-bond acceptors (Lipinski definition) is 3. The molecule has 0 atom stereocenters. The second-order valence-corrected chi connectivity index (χ2v) is 6.14.